The second-order valence-electron chi connectivity index (χ2n) is 4.93. The third-order valence-electron chi connectivity index (χ3n) is 3.85. The maximum Gasteiger partial charge on any atom is 0.317 e. The fraction of sp³-hybridized carbons (Fsp3) is 0.818. The average molecular weight is 227 g/mol. The maximum atomic E-state index is 10.7. The molecule has 0 aliphatic heterocycles. The molecule has 0 aromatic carbocycles. The molecule has 3 atom stereocenters. The highest BCUT2D eigenvalue weighted by molar-refractivity contribution is 5.72. The molecule has 0 aromatic rings. The first-order valence-electron chi connectivity index (χ1n) is 5.74. The summed E-state index contributed by atoms with van der Waals surface area (Å²) >= 11 is 0. The predicted octanol–water partition coefficient (Wildman–Crippen LogP) is 0.646. The van der Waals surface area contributed by atoms with Crippen molar-refractivity contribution < 1.29 is 19.8 Å². The highest BCUT2D eigenvalue weighted by Crippen LogP contribution is 2.46. The van der Waals surface area contributed by atoms with Crippen LogP contribution in [0.1, 0.15) is 25.7 Å². The number of fused-ring (bicyclic) bond motifs is 2. The number of carboxylic acids is 2. The Morgan fingerprint density at radius 1 is 1.06 bits per heavy atom. The van der Waals surface area contributed by atoms with Crippen LogP contribution in [-0.4, -0.2) is 46.2 Å². The molecule has 2 rings (SSSR count). The van der Waals surface area contributed by atoms with Crippen molar-refractivity contribution >= 4 is 11.9 Å². The number of rotatable bonds is 5. The largest absolute Gasteiger partial charge is 0.480 e. The van der Waals surface area contributed by atoms with Crippen LogP contribution in [0.5, 0.6) is 0 Å². The van der Waals surface area contributed by atoms with E-state index in [0.717, 1.165) is 19.3 Å². The zero-order valence-electron chi connectivity index (χ0n) is 9.13. The van der Waals surface area contributed by atoms with E-state index in [1.54, 1.807) is 4.90 Å². The topological polar surface area (TPSA) is 77.8 Å². The number of nitrogens with zero attached hydrogens (tertiary/aromatic N) is 1. The molecule has 3 unspecified atom stereocenters. The number of hydrogen-bond donors (Lipinski definition) is 2. The molecule has 2 aliphatic carbocycles. The zero-order valence-corrected chi connectivity index (χ0v) is 9.13. The van der Waals surface area contributed by atoms with Crippen molar-refractivity contribution in [3.05, 3.63) is 0 Å². The van der Waals surface area contributed by atoms with E-state index in [4.69, 9.17) is 10.2 Å². The fourth-order valence-corrected chi connectivity index (χ4v) is 3.30. The minimum atomic E-state index is -0.941. The van der Waals surface area contributed by atoms with Crippen LogP contribution in [0.25, 0.3) is 0 Å². The van der Waals surface area contributed by atoms with Gasteiger partial charge in [0.1, 0.15) is 0 Å². The Bertz CT molecular complexity index is 288. The molecule has 0 amide bonds. The van der Waals surface area contributed by atoms with E-state index in [2.05, 4.69) is 0 Å². The second-order valence-corrected chi connectivity index (χ2v) is 4.93. The third kappa shape index (κ3) is 2.35. The van der Waals surface area contributed by atoms with Gasteiger partial charge in [-0.25, -0.2) is 0 Å². The Balaban J connectivity index is 2.00. The molecule has 2 aliphatic rings. The number of aliphatic carboxylic acids is 2. The first-order valence-corrected chi connectivity index (χ1v) is 5.74. The van der Waals surface area contributed by atoms with Gasteiger partial charge in [0.25, 0.3) is 0 Å². The molecular formula is C11H17NO4. The summed E-state index contributed by atoms with van der Waals surface area (Å²) in [4.78, 5) is 23.1. The molecule has 0 aromatic heterocycles. The molecule has 5 nitrogen and oxygen atoms in total. The van der Waals surface area contributed by atoms with Gasteiger partial charge < -0.3 is 10.2 Å². The van der Waals surface area contributed by atoms with Gasteiger partial charge in [0.05, 0.1) is 13.1 Å². The summed E-state index contributed by atoms with van der Waals surface area (Å²) in [6.07, 6.45) is 4.49. The Morgan fingerprint density at radius 2 is 1.69 bits per heavy atom. The van der Waals surface area contributed by atoms with E-state index in [1.807, 2.05) is 0 Å². The smallest absolute Gasteiger partial charge is 0.317 e. The van der Waals surface area contributed by atoms with E-state index in [0.29, 0.717) is 11.8 Å². The van der Waals surface area contributed by atoms with E-state index in [9.17, 15) is 9.59 Å². The van der Waals surface area contributed by atoms with E-state index in [1.165, 1.54) is 6.42 Å². The van der Waals surface area contributed by atoms with Gasteiger partial charge in [-0.1, -0.05) is 6.42 Å². The third-order valence-corrected chi connectivity index (χ3v) is 3.85. The molecule has 0 radical (unpaired) electrons. The van der Waals surface area contributed by atoms with Crippen molar-refractivity contribution in [3.63, 3.8) is 0 Å². The molecule has 0 heterocycles. The summed E-state index contributed by atoms with van der Waals surface area (Å²) in [7, 11) is 0. The molecule has 16 heavy (non-hydrogen) atoms. The summed E-state index contributed by atoms with van der Waals surface area (Å²) in [5.74, 6) is -0.670. The van der Waals surface area contributed by atoms with Crippen LogP contribution in [0.2, 0.25) is 0 Å². The van der Waals surface area contributed by atoms with Crippen molar-refractivity contribution in [2.45, 2.75) is 31.7 Å². The molecule has 2 bridgehead atoms. The van der Waals surface area contributed by atoms with Crippen molar-refractivity contribution in [3.8, 4) is 0 Å². The lowest BCUT2D eigenvalue weighted by Crippen LogP contribution is -2.44. The maximum absolute atomic E-state index is 10.7. The monoisotopic (exact) mass is 227 g/mol. The highest BCUT2D eigenvalue weighted by atomic mass is 16.4. The highest BCUT2D eigenvalue weighted by Gasteiger charge is 2.42. The second kappa shape index (κ2) is 4.41. The number of carbonyl (C=O) groups is 2. The van der Waals surface area contributed by atoms with E-state index >= 15 is 0 Å². The molecular weight excluding hydrogens is 210 g/mol. The van der Waals surface area contributed by atoms with E-state index < -0.39 is 11.9 Å². The zero-order chi connectivity index (χ0) is 11.7. The van der Waals surface area contributed by atoms with Crippen LogP contribution in [-0.2, 0) is 9.59 Å². The summed E-state index contributed by atoms with van der Waals surface area (Å²) < 4.78 is 0. The van der Waals surface area contributed by atoms with Gasteiger partial charge in [0.15, 0.2) is 0 Å². The Hall–Kier alpha value is -1.10. The summed E-state index contributed by atoms with van der Waals surface area (Å²) in [6, 6.07) is 0.172. The lowest BCUT2D eigenvalue weighted by atomic mass is 9.94. The summed E-state index contributed by atoms with van der Waals surface area (Å²) in [5, 5.41) is 17.6. The minimum absolute atomic E-state index is 0.153. The van der Waals surface area contributed by atoms with Gasteiger partial charge in [-0.3, -0.25) is 14.5 Å². The standard InChI is InChI=1S/C11H17NO4/c13-10(14)5-12(6-11(15)16)9-4-7-1-2-8(9)3-7/h7-9H,1-6H2,(H,13,14)(H,15,16). The molecule has 0 spiro atoms. The van der Waals surface area contributed by atoms with Gasteiger partial charge in [0, 0.05) is 6.04 Å². The van der Waals surface area contributed by atoms with Crippen molar-refractivity contribution in [1.82, 2.24) is 4.90 Å². The van der Waals surface area contributed by atoms with Gasteiger partial charge in [-0.2, -0.15) is 0 Å². The van der Waals surface area contributed by atoms with Gasteiger partial charge in [-0.05, 0) is 31.1 Å². The summed E-state index contributed by atoms with van der Waals surface area (Å²) in [5.41, 5.74) is 0. The molecule has 2 fully saturated rings. The molecule has 2 saturated carbocycles. The van der Waals surface area contributed by atoms with Crippen molar-refractivity contribution in [1.29, 1.82) is 0 Å². The van der Waals surface area contributed by atoms with Crippen LogP contribution in [0.15, 0.2) is 0 Å². The SMILES string of the molecule is O=C(O)CN(CC(=O)O)C1CC2CCC1C2. The molecule has 5 heteroatoms. The lowest BCUT2D eigenvalue weighted by molar-refractivity contribution is -0.143. The molecule has 0 saturated heterocycles. The van der Waals surface area contributed by atoms with Crippen LogP contribution < -0.4 is 0 Å². The lowest BCUT2D eigenvalue weighted by Gasteiger charge is -2.32. The van der Waals surface area contributed by atoms with Crippen molar-refractivity contribution in [2.75, 3.05) is 13.1 Å². The summed E-state index contributed by atoms with van der Waals surface area (Å²) in [6.45, 7) is -0.305. The predicted molar refractivity (Wildman–Crippen MR) is 56.1 cm³/mol. The normalized spacial score (nSPS) is 32.2. The van der Waals surface area contributed by atoms with Crippen LogP contribution in [0, 0.1) is 11.8 Å². The minimum Gasteiger partial charge on any atom is -0.480 e. The van der Waals surface area contributed by atoms with Crippen LogP contribution in [0.3, 0.4) is 0 Å². The quantitative estimate of drug-likeness (QED) is 0.721. The Kier molecular flexibility index (Phi) is 3.14. The number of hydrogen-bond acceptors (Lipinski definition) is 3. The number of carboxylic acid groups (broad SMARTS) is 2. The Labute approximate surface area is 94.0 Å². The van der Waals surface area contributed by atoms with Crippen LogP contribution >= 0.6 is 0 Å². The fourth-order valence-electron chi connectivity index (χ4n) is 3.30. The molecule has 90 valence electrons. The van der Waals surface area contributed by atoms with Gasteiger partial charge in [0.2, 0.25) is 0 Å². The van der Waals surface area contributed by atoms with Gasteiger partial charge in [-0.15, -0.1) is 0 Å². The van der Waals surface area contributed by atoms with Crippen molar-refractivity contribution in [2.24, 2.45) is 11.8 Å². The average Bonchev–Trinajstić information content (AvgIpc) is 2.75. The first kappa shape index (κ1) is 11.4. The first-order chi connectivity index (χ1) is 7.56. The van der Waals surface area contributed by atoms with E-state index in [-0.39, 0.29) is 19.1 Å². The molecule has 2 N–H and O–H groups in total. The van der Waals surface area contributed by atoms with Gasteiger partial charge >= 0.3 is 11.9 Å². The Morgan fingerprint density at radius 3 is 2.06 bits per heavy atom. The van der Waals surface area contributed by atoms with Crippen LogP contribution in [0.4, 0.5) is 0 Å².